The molecule has 2 aromatic rings. The quantitative estimate of drug-likeness (QED) is 0.794. The third-order valence-corrected chi connectivity index (χ3v) is 3.98. The molecule has 0 saturated heterocycles. The summed E-state index contributed by atoms with van der Waals surface area (Å²) in [5, 5.41) is 5.22. The molecule has 2 N–H and O–H groups in total. The zero-order valence-electron chi connectivity index (χ0n) is 14.2. The standard InChI is InChI=1S/C19H18N2O5/c1-25-17(22)11-20-18(23)12-6-8-14(9-7-12)21-19(24)16-10-13-4-2-3-5-15(13)26-16/h2-9,16H,10-11H2,1H3,(H,20,23)(H,21,24)/t16-/m1/s1. The van der Waals surface area contributed by atoms with Gasteiger partial charge in [0.15, 0.2) is 6.10 Å². The maximum absolute atomic E-state index is 12.3. The fourth-order valence-corrected chi connectivity index (χ4v) is 2.58. The molecule has 3 rings (SSSR count). The Bertz CT molecular complexity index is 807. The molecule has 0 spiro atoms. The number of ether oxygens (including phenoxy) is 2. The van der Waals surface area contributed by atoms with E-state index in [1.165, 1.54) is 7.11 Å². The van der Waals surface area contributed by atoms with Gasteiger partial charge in [0.25, 0.3) is 11.8 Å². The molecule has 1 heterocycles. The van der Waals surface area contributed by atoms with Crippen LogP contribution >= 0.6 is 0 Å². The van der Waals surface area contributed by atoms with Gasteiger partial charge in [0.1, 0.15) is 12.3 Å². The molecule has 1 aliphatic rings. The lowest BCUT2D eigenvalue weighted by atomic mass is 10.1. The predicted octanol–water partition coefficient (Wildman–Crippen LogP) is 1.53. The van der Waals surface area contributed by atoms with Gasteiger partial charge >= 0.3 is 5.97 Å². The number of para-hydroxylation sites is 1. The molecule has 2 amide bonds. The van der Waals surface area contributed by atoms with Crippen molar-refractivity contribution in [3.8, 4) is 5.75 Å². The summed E-state index contributed by atoms with van der Waals surface area (Å²) >= 11 is 0. The summed E-state index contributed by atoms with van der Waals surface area (Å²) in [7, 11) is 1.25. The molecule has 7 nitrogen and oxygen atoms in total. The number of carbonyl (C=O) groups is 3. The van der Waals surface area contributed by atoms with E-state index in [4.69, 9.17) is 4.74 Å². The predicted molar refractivity (Wildman–Crippen MR) is 94.0 cm³/mol. The lowest BCUT2D eigenvalue weighted by Crippen LogP contribution is -2.31. The van der Waals surface area contributed by atoms with Crippen LogP contribution in [0.25, 0.3) is 0 Å². The molecule has 1 aliphatic heterocycles. The van der Waals surface area contributed by atoms with Crippen LogP contribution in [0.4, 0.5) is 5.69 Å². The maximum Gasteiger partial charge on any atom is 0.325 e. The van der Waals surface area contributed by atoms with Crippen molar-refractivity contribution in [2.45, 2.75) is 12.5 Å². The molecule has 0 unspecified atom stereocenters. The van der Waals surface area contributed by atoms with Gasteiger partial charge in [0.2, 0.25) is 0 Å². The molecule has 0 fully saturated rings. The van der Waals surface area contributed by atoms with Crippen molar-refractivity contribution in [3.05, 3.63) is 59.7 Å². The number of methoxy groups -OCH3 is 1. The average Bonchev–Trinajstić information content (AvgIpc) is 3.10. The molecule has 0 aromatic heterocycles. The van der Waals surface area contributed by atoms with E-state index in [9.17, 15) is 14.4 Å². The first-order chi connectivity index (χ1) is 12.6. The third-order valence-electron chi connectivity index (χ3n) is 3.98. The molecule has 0 bridgehead atoms. The van der Waals surface area contributed by atoms with Gasteiger partial charge in [-0.1, -0.05) is 18.2 Å². The minimum Gasteiger partial charge on any atom is -0.480 e. The molecule has 1 atom stereocenters. The minimum absolute atomic E-state index is 0.201. The van der Waals surface area contributed by atoms with Crippen LogP contribution in [0.1, 0.15) is 15.9 Å². The largest absolute Gasteiger partial charge is 0.480 e. The fraction of sp³-hybridized carbons (Fsp3) is 0.211. The number of rotatable bonds is 5. The molecule has 0 saturated carbocycles. The van der Waals surface area contributed by atoms with E-state index in [2.05, 4.69) is 15.4 Å². The highest BCUT2D eigenvalue weighted by Crippen LogP contribution is 2.28. The summed E-state index contributed by atoms with van der Waals surface area (Å²) in [6.07, 6.45) is -0.0498. The Labute approximate surface area is 150 Å². The van der Waals surface area contributed by atoms with Gasteiger partial charge in [-0.15, -0.1) is 0 Å². The number of esters is 1. The molecular weight excluding hydrogens is 336 g/mol. The Morgan fingerprint density at radius 2 is 1.85 bits per heavy atom. The lowest BCUT2D eigenvalue weighted by Gasteiger charge is -2.12. The topological polar surface area (TPSA) is 93.7 Å². The van der Waals surface area contributed by atoms with Crippen molar-refractivity contribution >= 4 is 23.5 Å². The highest BCUT2D eigenvalue weighted by Gasteiger charge is 2.28. The monoisotopic (exact) mass is 354 g/mol. The average molecular weight is 354 g/mol. The van der Waals surface area contributed by atoms with E-state index < -0.39 is 18.0 Å². The summed E-state index contributed by atoms with van der Waals surface area (Å²) in [5.41, 5.74) is 1.93. The second-order valence-electron chi connectivity index (χ2n) is 5.74. The van der Waals surface area contributed by atoms with Crippen LogP contribution in [0.15, 0.2) is 48.5 Å². The van der Waals surface area contributed by atoms with Crippen LogP contribution < -0.4 is 15.4 Å². The fourth-order valence-electron chi connectivity index (χ4n) is 2.58. The number of nitrogens with one attached hydrogen (secondary N) is 2. The number of amides is 2. The van der Waals surface area contributed by atoms with Crippen molar-refractivity contribution in [2.75, 3.05) is 19.0 Å². The van der Waals surface area contributed by atoms with E-state index in [1.54, 1.807) is 24.3 Å². The molecule has 26 heavy (non-hydrogen) atoms. The zero-order valence-corrected chi connectivity index (χ0v) is 14.2. The molecule has 0 radical (unpaired) electrons. The number of benzene rings is 2. The normalized spacial score (nSPS) is 14.7. The van der Waals surface area contributed by atoms with Gasteiger partial charge in [-0.05, 0) is 35.9 Å². The molecule has 134 valence electrons. The van der Waals surface area contributed by atoms with Crippen molar-refractivity contribution in [1.82, 2.24) is 5.32 Å². The SMILES string of the molecule is COC(=O)CNC(=O)c1ccc(NC(=O)[C@H]2Cc3ccccc3O2)cc1. The van der Waals surface area contributed by atoms with Gasteiger partial charge < -0.3 is 20.1 Å². The number of hydrogen-bond donors (Lipinski definition) is 2. The Hall–Kier alpha value is -3.35. The van der Waals surface area contributed by atoms with Crippen molar-refractivity contribution < 1.29 is 23.9 Å². The van der Waals surface area contributed by atoms with Crippen LogP contribution in [0.5, 0.6) is 5.75 Å². The van der Waals surface area contributed by atoms with Crippen LogP contribution in [-0.4, -0.2) is 37.5 Å². The van der Waals surface area contributed by atoms with E-state index in [-0.39, 0.29) is 12.5 Å². The highest BCUT2D eigenvalue weighted by atomic mass is 16.5. The van der Waals surface area contributed by atoms with E-state index in [0.29, 0.717) is 17.7 Å². The van der Waals surface area contributed by atoms with Crippen molar-refractivity contribution in [2.24, 2.45) is 0 Å². The summed E-state index contributed by atoms with van der Waals surface area (Å²) < 4.78 is 10.1. The Morgan fingerprint density at radius 1 is 1.12 bits per heavy atom. The maximum atomic E-state index is 12.3. The number of carbonyl (C=O) groups excluding carboxylic acids is 3. The molecule has 2 aromatic carbocycles. The summed E-state index contributed by atoms with van der Waals surface area (Å²) in [6, 6.07) is 13.9. The second-order valence-corrected chi connectivity index (χ2v) is 5.74. The van der Waals surface area contributed by atoms with Crippen molar-refractivity contribution in [3.63, 3.8) is 0 Å². The van der Waals surface area contributed by atoms with Crippen LogP contribution in [0.2, 0.25) is 0 Å². The second kappa shape index (κ2) is 7.69. The van der Waals surface area contributed by atoms with Gasteiger partial charge in [-0.25, -0.2) is 0 Å². The van der Waals surface area contributed by atoms with E-state index >= 15 is 0 Å². The van der Waals surface area contributed by atoms with E-state index in [0.717, 1.165) is 11.3 Å². The molecule has 0 aliphatic carbocycles. The van der Waals surface area contributed by atoms with Crippen LogP contribution in [0.3, 0.4) is 0 Å². The highest BCUT2D eigenvalue weighted by molar-refractivity contribution is 5.98. The van der Waals surface area contributed by atoms with Crippen LogP contribution in [0, 0.1) is 0 Å². The van der Waals surface area contributed by atoms with Gasteiger partial charge in [-0.3, -0.25) is 14.4 Å². The first-order valence-electron chi connectivity index (χ1n) is 8.07. The minimum atomic E-state index is -0.574. The zero-order chi connectivity index (χ0) is 18.5. The number of anilines is 1. The summed E-state index contributed by atoms with van der Waals surface area (Å²) in [5.74, 6) is -0.447. The van der Waals surface area contributed by atoms with E-state index in [1.807, 2.05) is 24.3 Å². The van der Waals surface area contributed by atoms with Gasteiger partial charge in [0.05, 0.1) is 7.11 Å². The first-order valence-corrected chi connectivity index (χ1v) is 8.07. The third kappa shape index (κ3) is 4.00. The summed E-state index contributed by atoms with van der Waals surface area (Å²) in [4.78, 5) is 35.3. The number of fused-ring (bicyclic) bond motifs is 1. The Morgan fingerprint density at radius 3 is 2.54 bits per heavy atom. The van der Waals surface area contributed by atoms with Crippen LogP contribution in [-0.2, 0) is 20.7 Å². The smallest absolute Gasteiger partial charge is 0.325 e. The molecular formula is C19H18N2O5. The van der Waals surface area contributed by atoms with Gasteiger partial charge in [-0.2, -0.15) is 0 Å². The lowest BCUT2D eigenvalue weighted by molar-refractivity contribution is -0.139. The van der Waals surface area contributed by atoms with Crippen molar-refractivity contribution in [1.29, 1.82) is 0 Å². The Balaban J connectivity index is 1.55. The Kier molecular flexibility index (Phi) is 5.17. The van der Waals surface area contributed by atoms with Gasteiger partial charge in [0, 0.05) is 17.7 Å². The molecule has 7 heteroatoms. The first kappa shape index (κ1) is 17.5. The summed E-state index contributed by atoms with van der Waals surface area (Å²) in [6.45, 7) is -0.201. The number of hydrogen-bond acceptors (Lipinski definition) is 5.